The van der Waals surface area contributed by atoms with Gasteiger partial charge in [0.1, 0.15) is 23.0 Å². The Bertz CT molecular complexity index is 1190. The lowest BCUT2D eigenvalue weighted by atomic mass is 10.1. The molecule has 8 heteroatoms. The maximum absolute atomic E-state index is 15.0. The molecule has 1 unspecified atom stereocenters. The zero-order valence-corrected chi connectivity index (χ0v) is 20.1. The van der Waals surface area contributed by atoms with Gasteiger partial charge in [0.2, 0.25) is 0 Å². The van der Waals surface area contributed by atoms with Crippen molar-refractivity contribution in [2.45, 2.75) is 31.2 Å². The largest absolute Gasteiger partial charge is 0.493 e. The van der Waals surface area contributed by atoms with Gasteiger partial charge < -0.3 is 14.2 Å². The molecular weight excluding hydrogens is 469 g/mol. The second-order valence-corrected chi connectivity index (χ2v) is 9.09. The molecule has 1 aliphatic rings. The highest BCUT2D eigenvalue weighted by molar-refractivity contribution is 8.15. The molecule has 0 radical (unpaired) electrons. The number of alkyl halides is 1. The zero-order chi connectivity index (χ0) is 24.7. The van der Waals surface area contributed by atoms with E-state index in [9.17, 15) is 14.0 Å². The molecule has 1 atom stereocenters. The average Bonchev–Trinajstić information content (AvgIpc) is 3.13. The third kappa shape index (κ3) is 6.14. The molecule has 1 heterocycles. The van der Waals surface area contributed by atoms with E-state index in [1.165, 1.54) is 12.1 Å². The Balaban J connectivity index is 1.30. The minimum Gasteiger partial charge on any atom is -0.493 e. The Morgan fingerprint density at radius 3 is 2.40 bits per heavy atom. The van der Waals surface area contributed by atoms with Crippen LogP contribution in [0.5, 0.6) is 23.0 Å². The number of para-hydroxylation sites is 1. The SMILES string of the molecule is CCCc1cc(Oc2ccccc2)ccc1OCCCOc1cccc(C2(F)SC(=O)NC2=O)c1. The molecule has 1 saturated heterocycles. The van der Waals surface area contributed by atoms with E-state index in [1.807, 2.05) is 53.8 Å². The number of hydrogen-bond acceptors (Lipinski definition) is 6. The summed E-state index contributed by atoms with van der Waals surface area (Å²) >= 11 is 0.323. The van der Waals surface area contributed by atoms with Gasteiger partial charge >= 0.3 is 0 Å². The second kappa shape index (κ2) is 11.3. The molecule has 35 heavy (non-hydrogen) atoms. The predicted molar refractivity (Wildman–Crippen MR) is 133 cm³/mol. The fourth-order valence-corrected chi connectivity index (χ4v) is 4.42. The standard InChI is InChI=1S/C27H26FNO5S/c1-2-8-19-17-23(34-21-10-4-3-5-11-21)13-14-24(19)33-16-7-15-32-22-12-6-9-20(18-22)27(28)25(30)29-26(31)35-27/h3-6,9-14,17-18H,2,7-8,15-16H2,1H3,(H,29,30,31). The number of amides is 2. The summed E-state index contributed by atoms with van der Waals surface area (Å²) in [6.07, 6.45) is 2.44. The van der Waals surface area contributed by atoms with Crippen LogP contribution in [-0.4, -0.2) is 24.4 Å². The van der Waals surface area contributed by atoms with E-state index >= 15 is 0 Å². The summed E-state index contributed by atoms with van der Waals surface area (Å²) in [6.45, 7) is 2.90. The van der Waals surface area contributed by atoms with Crippen LogP contribution in [0.3, 0.4) is 0 Å². The van der Waals surface area contributed by atoms with Crippen LogP contribution in [0.2, 0.25) is 0 Å². The Hall–Kier alpha value is -3.52. The van der Waals surface area contributed by atoms with Crippen molar-refractivity contribution in [2.24, 2.45) is 0 Å². The zero-order valence-electron chi connectivity index (χ0n) is 19.3. The van der Waals surface area contributed by atoms with Crippen molar-refractivity contribution < 1.29 is 28.2 Å². The minimum atomic E-state index is -2.44. The second-order valence-electron chi connectivity index (χ2n) is 7.95. The highest BCUT2D eigenvalue weighted by Gasteiger charge is 2.50. The number of ether oxygens (including phenoxy) is 3. The summed E-state index contributed by atoms with van der Waals surface area (Å²) in [4.78, 5) is 23.2. The lowest BCUT2D eigenvalue weighted by molar-refractivity contribution is -0.126. The molecular formula is C27H26FNO5S. The van der Waals surface area contributed by atoms with E-state index in [2.05, 4.69) is 6.92 Å². The maximum atomic E-state index is 15.0. The molecule has 1 fully saturated rings. The normalized spacial score (nSPS) is 17.2. The van der Waals surface area contributed by atoms with E-state index in [1.54, 1.807) is 12.1 Å². The summed E-state index contributed by atoms with van der Waals surface area (Å²) in [5.41, 5.74) is 1.14. The van der Waals surface area contributed by atoms with E-state index in [0.717, 1.165) is 35.7 Å². The van der Waals surface area contributed by atoms with Gasteiger partial charge in [0.15, 0.2) is 0 Å². The molecule has 0 aromatic heterocycles. The number of nitrogens with one attached hydrogen (secondary N) is 1. The van der Waals surface area contributed by atoms with Crippen molar-refractivity contribution in [3.05, 3.63) is 83.9 Å². The minimum absolute atomic E-state index is 0.0709. The third-order valence-electron chi connectivity index (χ3n) is 5.29. The molecule has 6 nitrogen and oxygen atoms in total. The Kier molecular flexibility index (Phi) is 7.92. The number of carbonyl (C=O) groups excluding carboxylic acids is 2. The van der Waals surface area contributed by atoms with Crippen LogP contribution in [0.4, 0.5) is 9.18 Å². The quantitative estimate of drug-likeness (QED) is 0.311. The fourth-order valence-electron chi connectivity index (χ4n) is 3.63. The highest BCUT2D eigenvalue weighted by atomic mass is 32.2. The Morgan fingerprint density at radius 2 is 1.66 bits per heavy atom. The first-order valence-electron chi connectivity index (χ1n) is 11.4. The first-order valence-corrected chi connectivity index (χ1v) is 12.2. The van der Waals surface area contributed by atoms with Crippen LogP contribution in [0.1, 0.15) is 30.9 Å². The van der Waals surface area contributed by atoms with Gasteiger partial charge in [0, 0.05) is 12.0 Å². The molecule has 0 saturated carbocycles. The molecule has 2 amide bonds. The summed E-state index contributed by atoms with van der Waals surface area (Å²) < 4.78 is 32.6. The maximum Gasteiger partial charge on any atom is 0.289 e. The summed E-state index contributed by atoms with van der Waals surface area (Å²) in [5.74, 6) is 1.80. The number of carbonyl (C=O) groups is 2. The van der Waals surface area contributed by atoms with Gasteiger partial charge in [-0.1, -0.05) is 43.7 Å². The molecule has 0 spiro atoms. The number of hydrogen-bond donors (Lipinski definition) is 1. The van der Waals surface area contributed by atoms with Gasteiger partial charge in [-0.05, 0) is 66.2 Å². The van der Waals surface area contributed by atoms with Crippen molar-refractivity contribution in [3.8, 4) is 23.0 Å². The van der Waals surface area contributed by atoms with Crippen molar-refractivity contribution in [2.75, 3.05) is 13.2 Å². The summed E-state index contributed by atoms with van der Waals surface area (Å²) in [7, 11) is 0. The summed E-state index contributed by atoms with van der Waals surface area (Å²) in [5, 5.41) is -1.17. The predicted octanol–water partition coefficient (Wildman–Crippen LogP) is 6.38. The Labute approximate surface area is 207 Å². The van der Waals surface area contributed by atoms with E-state index in [-0.39, 0.29) is 5.56 Å². The number of thioether (sulfide) groups is 1. The van der Waals surface area contributed by atoms with Crippen molar-refractivity contribution >= 4 is 22.9 Å². The van der Waals surface area contributed by atoms with Crippen LogP contribution in [0.25, 0.3) is 0 Å². The summed E-state index contributed by atoms with van der Waals surface area (Å²) in [6, 6.07) is 21.6. The Morgan fingerprint density at radius 1 is 0.886 bits per heavy atom. The van der Waals surface area contributed by atoms with E-state index in [4.69, 9.17) is 14.2 Å². The number of halogens is 1. The van der Waals surface area contributed by atoms with Gasteiger partial charge in [-0.25, -0.2) is 4.39 Å². The topological polar surface area (TPSA) is 73.9 Å². The first-order chi connectivity index (χ1) is 17.0. The van der Waals surface area contributed by atoms with Crippen molar-refractivity contribution in [1.82, 2.24) is 5.32 Å². The lowest BCUT2D eigenvalue weighted by Crippen LogP contribution is -2.30. The van der Waals surface area contributed by atoms with Crippen molar-refractivity contribution in [3.63, 3.8) is 0 Å². The average molecular weight is 496 g/mol. The number of imide groups is 1. The van der Waals surface area contributed by atoms with Gasteiger partial charge in [0.25, 0.3) is 16.1 Å². The van der Waals surface area contributed by atoms with Gasteiger partial charge in [-0.2, -0.15) is 0 Å². The molecule has 0 bridgehead atoms. The molecule has 0 aliphatic carbocycles. The van der Waals surface area contributed by atoms with Crippen LogP contribution < -0.4 is 19.5 Å². The number of aryl methyl sites for hydroxylation is 1. The third-order valence-corrected chi connectivity index (χ3v) is 6.28. The number of rotatable bonds is 11. The van der Waals surface area contributed by atoms with Crippen LogP contribution in [0.15, 0.2) is 72.8 Å². The van der Waals surface area contributed by atoms with Crippen LogP contribution >= 0.6 is 11.8 Å². The molecule has 1 N–H and O–H groups in total. The molecule has 1 aliphatic heterocycles. The fraction of sp³-hybridized carbons (Fsp3) is 0.259. The van der Waals surface area contributed by atoms with Crippen LogP contribution in [-0.2, 0) is 16.2 Å². The number of benzene rings is 3. The van der Waals surface area contributed by atoms with E-state index < -0.39 is 16.1 Å². The monoisotopic (exact) mass is 495 g/mol. The molecule has 3 aromatic rings. The molecule has 182 valence electrons. The lowest BCUT2D eigenvalue weighted by Gasteiger charge is -2.16. The van der Waals surface area contributed by atoms with Gasteiger partial charge in [-0.15, -0.1) is 0 Å². The van der Waals surface area contributed by atoms with Crippen molar-refractivity contribution in [1.29, 1.82) is 0 Å². The molecule has 4 rings (SSSR count). The van der Waals surface area contributed by atoms with E-state index in [0.29, 0.717) is 37.1 Å². The first kappa shape index (κ1) is 24.6. The van der Waals surface area contributed by atoms with Crippen LogP contribution in [0, 0.1) is 0 Å². The molecule has 3 aromatic carbocycles. The highest BCUT2D eigenvalue weighted by Crippen LogP contribution is 2.43. The van der Waals surface area contributed by atoms with Gasteiger partial charge in [0.05, 0.1) is 13.2 Å². The smallest absolute Gasteiger partial charge is 0.289 e. The van der Waals surface area contributed by atoms with Gasteiger partial charge in [-0.3, -0.25) is 14.9 Å².